The van der Waals surface area contributed by atoms with E-state index in [4.69, 9.17) is 4.74 Å². The molecule has 2 rings (SSSR count). The van der Waals surface area contributed by atoms with Crippen molar-refractivity contribution in [3.8, 4) is 0 Å². The number of fused-ring (bicyclic) bond motifs is 1. The second kappa shape index (κ2) is 3.17. The van der Waals surface area contributed by atoms with Crippen LogP contribution in [-0.4, -0.2) is 28.2 Å². The van der Waals surface area contributed by atoms with Gasteiger partial charge < -0.3 is 9.84 Å². The molecule has 3 unspecified atom stereocenters. The normalized spacial score (nSPS) is 45.4. The van der Waals surface area contributed by atoms with Gasteiger partial charge in [0.2, 0.25) is 0 Å². The molecule has 16 heavy (non-hydrogen) atoms. The summed E-state index contributed by atoms with van der Waals surface area (Å²) in [5.41, 5.74) is -0.739. The van der Waals surface area contributed by atoms with Gasteiger partial charge in [0, 0.05) is 6.42 Å². The third-order valence-corrected chi connectivity index (χ3v) is 4.32. The van der Waals surface area contributed by atoms with Gasteiger partial charge in [-0.15, -0.1) is 0 Å². The Labute approximate surface area is 96.5 Å². The summed E-state index contributed by atoms with van der Waals surface area (Å²) in [5.74, 6) is 0.0186. The van der Waals surface area contributed by atoms with Crippen molar-refractivity contribution in [1.82, 2.24) is 0 Å². The van der Waals surface area contributed by atoms with Gasteiger partial charge >= 0.3 is 0 Å². The molecule has 0 bridgehead atoms. The lowest BCUT2D eigenvalue weighted by molar-refractivity contribution is -0.112. The lowest BCUT2D eigenvalue weighted by atomic mass is 9.63. The van der Waals surface area contributed by atoms with Crippen LogP contribution in [0.15, 0.2) is 12.2 Å². The summed E-state index contributed by atoms with van der Waals surface area (Å²) < 4.78 is 5.89. The fourth-order valence-electron chi connectivity index (χ4n) is 3.01. The van der Waals surface area contributed by atoms with E-state index in [1.807, 2.05) is 6.08 Å². The van der Waals surface area contributed by atoms with Gasteiger partial charge in [0.05, 0.1) is 6.10 Å². The Kier molecular flexibility index (Phi) is 2.34. The van der Waals surface area contributed by atoms with Crippen molar-refractivity contribution < 1.29 is 14.6 Å². The van der Waals surface area contributed by atoms with E-state index in [0.717, 1.165) is 6.42 Å². The molecule has 2 aliphatic rings. The lowest BCUT2D eigenvalue weighted by Gasteiger charge is -2.38. The molecule has 0 aromatic carbocycles. The minimum Gasteiger partial charge on any atom is -0.393 e. The highest BCUT2D eigenvalue weighted by Gasteiger charge is 2.74. The van der Waals surface area contributed by atoms with E-state index in [-0.39, 0.29) is 22.9 Å². The molecule has 0 aromatic heterocycles. The molecule has 0 amide bonds. The number of hydrogen-bond donors (Lipinski definition) is 1. The molecular weight excluding hydrogens is 204 g/mol. The van der Waals surface area contributed by atoms with Crippen molar-refractivity contribution in [2.24, 2.45) is 5.41 Å². The molecule has 1 saturated heterocycles. The molecule has 1 aliphatic heterocycles. The Balaban J connectivity index is 2.28. The van der Waals surface area contributed by atoms with Crippen LogP contribution in [0.1, 0.15) is 40.5 Å². The number of ether oxygens (including phenoxy) is 1. The molecule has 0 radical (unpaired) electrons. The number of allylic oxidation sites excluding steroid dienone is 1. The van der Waals surface area contributed by atoms with Gasteiger partial charge in [-0.1, -0.05) is 13.8 Å². The van der Waals surface area contributed by atoms with Crippen LogP contribution in [0.3, 0.4) is 0 Å². The van der Waals surface area contributed by atoms with Gasteiger partial charge in [-0.25, -0.2) is 0 Å². The fourth-order valence-corrected chi connectivity index (χ4v) is 3.01. The van der Waals surface area contributed by atoms with Gasteiger partial charge in [0.1, 0.15) is 11.2 Å². The number of rotatable bonds is 2. The molecule has 1 N–H and O–H groups in total. The first-order valence-corrected chi connectivity index (χ1v) is 5.80. The summed E-state index contributed by atoms with van der Waals surface area (Å²) in [6.45, 7) is 7.82. The summed E-state index contributed by atoms with van der Waals surface area (Å²) in [6.07, 6.45) is 4.39. The average molecular weight is 224 g/mol. The first-order valence-electron chi connectivity index (χ1n) is 5.80. The summed E-state index contributed by atoms with van der Waals surface area (Å²) in [6, 6.07) is 0. The fraction of sp³-hybridized carbons (Fsp3) is 0.769. The molecule has 3 heteroatoms. The molecule has 1 heterocycles. The Morgan fingerprint density at radius 3 is 2.56 bits per heavy atom. The zero-order chi connectivity index (χ0) is 12.2. The molecule has 3 nitrogen and oxygen atoms in total. The molecule has 1 saturated carbocycles. The van der Waals surface area contributed by atoms with Crippen LogP contribution >= 0.6 is 0 Å². The third-order valence-electron chi connectivity index (χ3n) is 4.32. The van der Waals surface area contributed by atoms with Crippen LogP contribution < -0.4 is 0 Å². The summed E-state index contributed by atoms with van der Waals surface area (Å²) in [5, 5.41) is 9.89. The Bertz CT molecular complexity index is 358. The molecule has 2 fully saturated rings. The van der Waals surface area contributed by atoms with Gasteiger partial charge in [0.25, 0.3) is 0 Å². The van der Waals surface area contributed by atoms with Crippen LogP contribution in [0.4, 0.5) is 0 Å². The summed E-state index contributed by atoms with van der Waals surface area (Å²) >= 11 is 0. The first-order chi connectivity index (χ1) is 7.22. The molecule has 0 spiro atoms. The van der Waals surface area contributed by atoms with Crippen molar-refractivity contribution >= 4 is 5.78 Å². The average Bonchev–Trinajstić information content (AvgIpc) is 2.69. The Morgan fingerprint density at radius 2 is 2.00 bits per heavy atom. The second-order valence-corrected chi connectivity index (χ2v) is 5.91. The topological polar surface area (TPSA) is 49.8 Å². The molecule has 90 valence electrons. The van der Waals surface area contributed by atoms with Crippen LogP contribution in [-0.2, 0) is 9.53 Å². The lowest BCUT2D eigenvalue weighted by Crippen LogP contribution is -2.45. The molecule has 0 aromatic rings. The highest BCUT2D eigenvalue weighted by atomic mass is 16.6. The molecule has 1 aliphatic carbocycles. The Hall–Kier alpha value is -0.670. The van der Waals surface area contributed by atoms with E-state index in [9.17, 15) is 9.90 Å². The maximum Gasteiger partial charge on any atom is 0.152 e. The number of aliphatic hydroxyl groups excluding tert-OH is 1. The van der Waals surface area contributed by atoms with Crippen molar-refractivity contribution in [2.45, 2.75) is 57.8 Å². The van der Waals surface area contributed by atoms with E-state index in [1.54, 1.807) is 6.08 Å². The van der Waals surface area contributed by atoms with Gasteiger partial charge in [-0.3, -0.25) is 4.79 Å². The van der Waals surface area contributed by atoms with E-state index in [2.05, 4.69) is 20.8 Å². The first kappa shape index (κ1) is 11.8. The predicted octanol–water partition coefficient (Wildman–Crippen LogP) is 1.84. The van der Waals surface area contributed by atoms with Crippen LogP contribution in [0, 0.1) is 5.41 Å². The van der Waals surface area contributed by atoms with E-state index in [0.29, 0.717) is 6.42 Å². The van der Waals surface area contributed by atoms with E-state index >= 15 is 0 Å². The van der Waals surface area contributed by atoms with Crippen LogP contribution in [0.5, 0.6) is 0 Å². The molecular formula is C13H20O3. The van der Waals surface area contributed by atoms with Crippen molar-refractivity contribution in [3.05, 3.63) is 12.2 Å². The third kappa shape index (κ3) is 1.45. The Morgan fingerprint density at radius 1 is 1.38 bits per heavy atom. The molecule has 3 atom stereocenters. The summed E-state index contributed by atoms with van der Waals surface area (Å²) in [7, 11) is 0. The standard InChI is InChI=1S/C13H20O3/c1-9(14)5-6-13-8-10(15)7-11(2,3)12(13,4)16-13/h5-6,10,15H,7-8H2,1-4H3. The summed E-state index contributed by atoms with van der Waals surface area (Å²) in [4.78, 5) is 11.0. The number of aliphatic hydroxyl groups is 1. The smallest absolute Gasteiger partial charge is 0.152 e. The van der Waals surface area contributed by atoms with Gasteiger partial charge in [-0.2, -0.15) is 0 Å². The minimum atomic E-state index is -0.431. The van der Waals surface area contributed by atoms with Crippen molar-refractivity contribution in [3.63, 3.8) is 0 Å². The highest BCUT2D eigenvalue weighted by Crippen LogP contribution is 2.65. The van der Waals surface area contributed by atoms with Crippen molar-refractivity contribution in [1.29, 1.82) is 0 Å². The van der Waals surface area contributed by atoms with Gasteiger partial charge in [-0.05, 0) is 37.8 Å². The van der Waals surface area contributed by atoms with Crippen LogP contribution in [0.25, 0.3) is 0 Å². The maximum absolute atomic E-state index is 11.0. The minimum absolute atomic E-state index is 0.0186. The number of epoxide rings is 1. The zero-order valence-corrected chi connectivity index (χ0v) is 10.4. The van der Waals surface area contributed by atoms with E-state index in [1.165, 1.54) is 6.92 Å². The zero-order valence-electron chi connectivity index (χ0n) is 10.4. The quantitative estimate of drug-likeness (QED) is 0.575. The van der Waals surface area contributed by atoms with E-state index < -0.39 is 5.60 Å². The largest absolute Gasteiger partial charge is 0.393 e. The maximum atomic E-state index is 11.0. The van der Waals surface area contributed by atoms with Crippen LogP contribution in [0.2, 0.25) is 0 Å². The predicted molar refractivity (Wildman–Crippen MR) is 61.1 cm³/mol. The highest BCUT2D eigenvalue weighted by molar-refractivity contribution is 5.87. The second-order valence-electron chi connectivity index (χ2n) is 5.91. The number of hydrogen-bond acceptors (Lipinski definition) is 3. The number of carbonyl (C=O) groups is 1. The number of carbonyl (C=O) groups excluding carboxylic acids is 1. The monoisotopic (exact) mass is 224 g/mol. The van der Waals surface area contributed by atoms with Gasteiger partial charge in [0.15, 0.2) is 5.78 Å². The van der Waals surface area contributed by atoms with Crippen molar-refractivity contribution in [2.75, 3.05) is 0 Å². The SMILES string of the molecule is CC(=O)C=CC12CC(O)CC(C)(C)C1(C)O2. The number of ketones is 1.